The number of carbonyl (C=O) groups excluding carboxylic acids is 2. The number of nitrogens with zero attached hydrogens (tertiary/aromatic N) is 2. The van der Waals surface area contributed by atoms with Crippen molar-refractivity contribution in [1.29, 1.82) is 0 Å². The van der Waals surface area contributed by atoms with E-state index in [1.807, 2.05) is 88.2 Å². The first-order valence-corrected chi connectivity index (χ1v) is 8.81. The molecule has 2 amide bonds. The largest absolute Gasteiger partial charge is 0.339 e. The maximum absolute atomic E-state index is 13.1. The Morgan fingerprint density at radius 3 is 2.12 bits per heavy atom. The van der Waals surface area contributed by atoms with Gasteiger partial charge in [-0.1, -0.05) is 36.4 Å². The highest BCUT2D eigenvalue weighted by Gasteiger charge is 2.42. The molecule has 0 atom stereocenters. The van der Waals surface area contributed by atoms with E-state index >= 15 is 0 Å². The van der Waals surface area contributed by atoms with Crippen LogP contribution in [0.25, 0.3) is 5.57 Å². The fraction of sp³-hybridized carbons (Fsp3) is 0.273. The minimum absolute atomic E-state index is 0.196. The van der Waals surface area contributed by atoms with E-state index in [-0.39, 0.29) is 17.9 Å². The highest BCUT2D eigenvalue weighted by atomic mass is 16.2. The molecule has 2 aromatic rings. The molecule has 0 unspecified atom stereocenters. The molecule has 0 saturated carbocycles. The number of carbonyl (C=O) groups is 2. The Balaban J connectivity index is 2.20. The molecule has 3 rings (SSSR count). The van der Waals surface area contributed by atoms with E-state index in [1.54, 1.807) is 0 Å². The van der Waals surface area contributed by atoms with Crippen LogP contribution in [0, 0.1) is 13.8 Å². The summed E-state index contributed by atoms with van der Waals surface area (Å²) in [6.45, 7) is 7.77. The van der Waals surface area contributed by atoms with Crippen molar-refractivity contribution in [2.24, 2.45) is 0 Å². The molecule has 1 aliphatic heterocycles. The molecule has 26 heavy (non-hydrogen) atoms. The van der Waals surface area contributed by atoms with Crippen LogP contribution in [0.5, 0.6) is 0 Å². The van der Waals surface area contributed by atoms with Gasteiger partial charge in [0, 0.05) is 18.8 Å². The number of likely N-dealkylation sites (N-methyl/N-ethyl adjacent to an activating group) is 1. The monoisotopic (exact) mass is 348 g/mol. The predicted octanol–water partition coefficient (Wildman–Crippen LogP) is 3.93. The maximum atomic E-state index is 13.1. The molecule has 0 fully saturated rings. The van der Waals surface area contributed by atoms with Gasteiger partial charge < -0.3 is 4.90 Å². The lowest BCUT2D eigenvalue weighted by Crippen LogP contribution is -2.39. The number of hydrogen-bond acceptors (Lipinski definition) is 3. The first kappa shape index (κ1) is 17.9. The maximum Gasteiger partial charge on any atom is 0.278 e. The number of imide groups is 1. The van der Waals surface area contributed by atoms with E-state index in [9.17, 15) is 9.59 Å². The van der Waals surface area contributed by atoms with Gasteiger partial charge in [-0.25, -0.2) is 0 Å². The predicted molar refractivity (Wildman–Crippen MR) is 105 cm³/mol. The Morgan fingerprint density at radius 1 is 0.885 bits per heavy atom. The molecule has 0 radical (unpaired) electrons. The van der Waals surface area contributed by atoms with Crippen molar-refractivity contribution >= 4 is 23.1 Å². The quantitative estimate of drug-likeness (QED) is 0.786. The molecule has 2 aromatic carbocycles. The lowest BCUT2D eigenvalue weighted by molar-refractivity contribution is -0.138. The van der Waals surface area contributed by atoms with Gasteiger partial charge in [0.05, 0.1) is 5.57 Å². The smallest absolute Gasteiger partial charge is 0.278 e. The molecular formula is C22H24N2O2. The van der Waals surface area contributed by atoms with Gasteiger partial charge in [-0.3, -0.25) is 14.5 Å². The minimum atomic E-state index is -0.246. The molecule has 4 nitrogen and oxygen atoms in total. The summed E-state index contributed by atoms with van der Waals surface area (Å²) >= 11 is 0. The van der Waals surface area contributed by atoms with E-state index in [2.05, 4.69) is 0 Å². The zero-order valence-corrected chi connectivity index (χ0v) is 15.9. The van der Waals surface area contributed by atoms with Crippen LogP contribution in [-0.2, 0) is 9.59 Å². The molecule has 1 heterocycles. The van der Waals surface area contributed by atoms with Crippen molar-refractivity contribution in [3.05, 3.63) is 70.9 Å². The summed E-state index contributed by atoms with van der Waals surface area (Å²) < 4.78 is 0. The summed E-state index contributed by atoms with van der Waals surface area (Å²) in [6.07, 6.45) is 0. The highest BCUT2D eigenvalue weighted by molar-refractivity contribution is 6.36. The Bertz CT molecular complexity index is 898. The van der Waals surface area contributed by atoms with Gasteiger partial charge in [0.1, 0.15) is 5.70 Å². The minimum Gasteiger partial charge on any atom is -0.339 e. The highest BCUT2D eigenvalue weighted by Crippen LogP contribution is 2.34. The van der Waals surface area contributed by atoms with Crippen LogP contribution in [0.3, 0.4) is 0 Å². The Morgan fingerprint density at radius 2 is 1.54 bits per heavy atom. The van der Waals surface area contributed by atoms with Crippen molar-refractivity contribution in [3.63, 3.8) is 0 Å². The van der Waals surface area contributed by atoms with Crippen molar-refractivity contribution in [3.8, 4) is 0 Å². The fourth-order valence-corrected chi connectivity index (χ4v) is 3.25. The number of amides is 2. The van der Waals surface area contributed by atoms with Crippen LogP contribution in [-0.4, -0.2) is 29.8 Å². The number of hydrogen-bond donors (Lipinski definition) is 0. The van der Waals surface area contributed by atoms with Gasteiger partial charge in [-0.15, -0.1) is 0 Å². The van der Waals surface area contributed by atoms with Gasteiger partial charge in [0.15, 0.2) is 0 Å². The van der Waals surface area contributed by atoms with Gasteiger partial charge in [-0.2, -0.15) is 0 Å². The zero-order valence-electron chi connectivity index (χ0n) is 15.9. The number of para-hydroxylation sites is 1. The Labute approximate surface area is 154 Å². The summed E-state index contributed by atoms with van der Waals surface area (Å²) in [5.41, 5.74) is 4.81. The molecule has 134 valence electrons. The average Bonchev–Trinajstić information content (AvgIpc) is 2.88. The number of rotatable bonds is 4. The van der Waals surface area contributed by atoms with Gasteiger partial charge in [0.25, 0.3) is 11.8 Å². The summed E-state index contributed by atoms with van der Waals surface area (Å²) in [5, 5.41) is 0. The van der Waals surface area contributed by atoms with Gasteiger partial charge >= 0.3 is 0 Å². The molecule has 0 saturated heterocycles. The normalized spacial score (nSPS) is 14.6. The molecular weight excluding hydrogens is 324 g/mol. The summed E-state index contributed by atoms with van der Waals surface area (Å²) in [5.74, 6) is -0.476. The van der Waals surface area contributed by atoms with Crippen molar-refractivity contribution in [1.82, 2.24) is 4.90 Å². The number of benzene rings is 2. The zero-order chi connectivity index (χ0) is 19.0. The molecule has 0 N–H and O–H groups in total. The first-order chi connectivity index (χ1) is 12.3. The van der Waals surface area contributed by atoms with Crippen molar-refractivity contribution in [2.75, 3.05) is 11.9 Å². The van der Waals surface area contributed by atoms with E-state index < -0.39 is 0 Å². The van der Waals surface area contributed by atoms with E-state index in [0.29, 0.717) is 11.3 Å². The third-order valence-electron chi connectivity index (χ3n) is 4.88. The third-order valence-corrected chi connectivity index (χ3v) is 4.88. The van der Waals surface area contributed by atoms with Crippen LogP contribution in [0.1, 0.15) is 30.5 Å². The second-order valence-electron chi connectivity index (χ2n) is 6.99. The molecule has 4 heteroatoms. The average molecular weight is 348 g/mol. The summed E-state index contributed by atoms with van der Waals surface area (Å²) in [7, 11) is 1.83. The number of aryl methyl sites for hydroxylation is 2. The van der Waals surface area contributed by atoms with Crippen LogP contribution in [0.4, 0.5) is 5.69 Å². The lowest BCUT2D eigenvalue weighted by Gasteiger charge is -2.23. The summed E-state index contributed by atoms with van der Waals surface area (Å²) in [6, 6.07) is 15.3. The van der Waals surface area contributed by atoms with Crippen LogP contribution < -0.4 is 4.90 Å². The standard InChI is InChI=1S/C22H24N2O2/c1-14(2)24-21(25)19(17-12-11-15(3)16(4)13-17)20(22(24)26)23(5)18-9-7-6-8-10-18/h6-14H,1-5H3. The Hall–Kier alpha value is -2.88. The second kappa shape index (κ2) is 6.79. The molecule has 0 aromatic heterocycles. The van der Waals surface area contributed by atoms with Crippen molar-refractivity contribution < 1.29 is 9.59 Å². The van der Waals surface area contributed by atoms with Gasteiger partial charge in [0.2, 0.25) is 0 Å². The fourth-order valence-electron chi connectivity index (χ4n) is 3.25. The van der Waals surface area contributed by atoms with Crippen LogP contribution in [0.2, 0.25) is 0 Å². The number of anilines is 1. The Kier molecular flexibility index (Phi) is 4.68. The van der Waals surface area contributed by atoms with Crippen molar-refractivity contribution in [2.45, 2.75) is 33.7 Å². The topological polar surface area (TPSA) is 40.6 Å². The lowest BCUT2D eigenvalue weighted by atomic mass is 9.99. The molecule has 0 bridgehead atoms. The molecule has 0 aliphatic carbocycles. The SMILES string of the molecule is Cc1ccc(C2=C(N(C)c3ccccc3)C(=O)N(C(C)C)C2=O)cc1C. The third kappa shape index (κ3) is 2.92. The summed E-state index contributed by atoms with van der Waals surface area (Å²) in [4.78, 5) is 29.4. The second-order valence-corrected chi connectivity index (χ2v) is 6.99. The van der Waals surface area contributed by atoms with E-state index in [4.69, 9.17) is 0 Å². The van der Waals surface area contributed by atoms with Crippen LogP contribution >= 0.6 is 0 Å². The van der Waals surface area contributed by atoms with E-state index in [1.165, 1.54) is 4.90 Å². The van der Waals surface area contributed by atoms with Crippen LogP contribution in [0.15, 0.2) is 54.2 Å². The van der Waals surface area contributed by atoms with Gasteiger partial charge in [-0.05, 0) is 56.5 Å². The first-order valence-electron chi connectivity index (χ1n) is 8.81. The molecule has 1 aliphatic rings. The molecule has 0 spiro atoms. The van der Waals surface area contributed by atoms with E-state index in [0.717, 1.165) is 22.4 Å².